The van der Waals surface area contributed by atoms with Crippen LogP contribution in [0.1, 0.15) is 10.4 Å². The second-order valence-electron chi connectivity index (χ2n) is 4.04. The van der Waals surface area contributed by atoms with Crippen molar-refractivity contribution in [2.75, 3.05) is 4.72 Å². The first-order valence-electron chi connectivity index (χ1n) is 5.61. The number of anilines is 1. The Hall–Kier alpha value is -2.12. The van der Waals surface area contributed by atoms with Gasteiger partial charge in [-0.3, -0.25) is 4.72 Å². The van der Waals surface area contributed by atoms with Crippen LogP contribution in [0.2, 0.25) is 5.02 Å². The zero-order chi connectivity index (χ0) is 15.6. The molecule has 0 amide bonds. The fourth-order valence-electron chi connectivity index (χ4n) is 1.60. The minimum Gasteiger partial charge on any atom is -0.478 e. The lowest BCUT2D eigenvalue weighted by Crippen LogP contribution is -2.15. The predicted molar refractivity (Wildman–Crippen MR) is 75.6 cm³/mol. The number of carboxylic acids is 1. The summed E-state index contributed by atoms with van der Waals surface area (Å²) >= 11 is 5.82. The van der Waals surface area contributed by atoms with Crippen LogP contribution in [0.3, 0.4) is 0 Å². The van der Waals surface area contributed by atoms with Crippen molar-refractivity contribution in [3.63, 3.8) is 0 Å². The lowest BCUT2D eigenvalue weighted by atomic mass is 10.2. The largest absolute Gasteiger partial charge is 0.478 e. The number of carbonyl (C=O) groups is 1. The SMILES string of the molecule is O=C(O)c1ccc(Cl)c(NS(=O)(=O)c2ccccc2F)c1. The van der Waals surface area contributed by atoms with Crippen LogP contribution in [-0.4, -0.2) is 19.5 Å². The van der Waals surface area contributed by atoms with Crippen LogP contribution in [0.15, 0.2) is 47.4 Å². The monoisotopic (exact) mass is 329 g/mol. The van der Waals surface area contributed by atoms with Gasteiger partial charge in [0.05, 0.1) is 16.3 Å². The number of carboxylic acid groups (broad SMARTS) is 1. The van der Waals surface area contributed by atoms with Crippen molar-refractivity contribution in [3.8, 4) is 0 Å². The van der Waals surface area contributed by atoms with Crippen LogP contribution >= 0.6 is 11.6 Å². The molecule has 0 radical (unpaired) electrons. The highest BCUT2D eigenvalue weighted by atomic mass is 35.5. The second-order valence-corrected chi connectivity index (χ2v) is 6.09. The number of rotatable bonds is 4. The van der Waals surface area contributed by atoms with Crippen LogP contribution in [0.4, 0.5) is 10.1 Å². The molecular formula is C13H9ClFNO4S. The standard InChI is InChI=1S/C13H9ClFNO4S/c14-9-6-5-8(13(17)18)7-11(9)16-21(19,20)12-4-2-1-3-10(12)15/h1-7,16H,(H,17,18). The van der Waals surface area contributed by atoms with E-state index >= 15 is 0 Å². The number of aromatic carboxylic acids is 1. The summed E-state index contributed by atoms with van der Waals surface area (Å²) in [5.74, 6) is -2.16. The smallest absolute Gasteiger partial charge is 0.335 e. The number of hydrogen-bond acceptors (Lipinski definition) is 3. The van der Waals surface area contributed by atoms with Crippen molar-refractivity contribution in [2.24, 2.45) is 0 Å². The Kier molecular flexibility index (Phi) is 4.15. The van der Waals surface area contributed by atoms with Gasteiger partial charge < -0.3 is 5.11 Å². The van der Waals surface area contributed by atoms with Gasteiger partial charge in [0.2, 0.25) is 0 Å². The average Bonchev–Trinajstić information content (AvgIpc) is 2.41. The van der Waals surface area contributed by atoms with E-state index in [-0.39, 0.29) is 16.3 Å². The lowest BCUT2D eigenvalue weighted by molar-refractivity contribution is 0.0697. The molecule has 5 nitrogen and oxygen atoms in total. The van der Waals surface area contributed by atoms with Gasteiger partial charge >= 0.3 is 5.97 Å². The first-order valence-corrected chi connectivity index (χ1v) is 7.47. The van der Waals surface area contributed by atoms with Crippen LogP contribution in [0, 0.1) is 5.82 Å². The minimum absolute atomic E-state index is 0.0000794. The lowest BCUT2D eigenvalue weighted by Gasteiger charge is -2.10. The fraction of sp³-hybridized carbons (Fsp3) is 0. The number of halogens is 2. The van der Waals surface area contributed by atoms with E-state index < -0.39 is 26.7 Å². The third-order valence-electron chi connectivity index (χ3n) is 2.58. The molecule has 8 heteroatoms. The summed E-state index contributed by atoms with van der Waals surface area (Å²) < 4.78 is 39.8. The molecule has 2 N–H and O–H groups in total. The minimum atomic E-state index is -4.21. The molecule has 0 aliphatic heterocycles. The molecule has 0 aliphatic carbocycles. The van der Waals surface area contributed by atoms with Crippen molar-refractivity contribution in [1.82, 2.24) is 0 Å². The Balaban J connectivity index is 2.44. The molecule has 0 spiro atoms. The Morgan fingerprint density at radius 1 is 1.19 bits per heavy atom. The van der Waals surface area contributed by atoms with Crippen LogP contribution in [-0.2, 0) is 10.0 Å². The number of sulfonamides is 1. The molecule has 0 unspecified atom stereocenters. The maximum absolute atomic E-state index is 13.5. The van der Waals surface area contributed by atoms with Gasteiger partial charge in [-0.05, 0) is 30.3 Å². The summed E-state index contributed by atoms with van der Waals surface area (Å²) in [6.07, 6.45) is 0. The van der Waals surface area contributed by atoms with Crippen molar-refractivity contribution in [1.29, 1.82) is 0 Å². The fourth-order valence-corrected chi connectivity index (χ4v) is 2.97. The Morgan fingerprint density at radius 3 is 2.48 bits per heavy atom. The zero-order valence-electron chi connectivity index (χ0n) is 10.4. The van der Waals surface area contributed by atoms with Gasteiger partial charge in [0.25, 0.3) is 10.0 Å². The average molecular weight is 330 g/mol. The van der Waals surface area contributed by atoms with Gasteiger partial charge in [0, 0.05) is 0 Å². The predicted octanol–water partition coefficient (Wildman–Crippen LogP) is 2.98. The Bertz CT molecular complexity index is 808. The molecular weight excluding hydrogens is 321 g/mol. The molecule has 0 heterocycles. The van der Waals surface area contributed by atoms with E-state index in [4.69, 9.17) is 16.7 Å². The molecule has 0 saturated heterocycles. The summed E-state index contributed by atoms with van der Waals surface area (Å²) in [6.45, 7) is 0. The molecule has 0 aliphatic rings. The molecule has 2 rings (SSSR count). The Labute approximate surface area is 125 Å². The highest BCUT2D eigenvalue weighted by Crippen LogP contribution is 2.26. The molecule has 110 valence electrons. The van der Waals surface area contributed by atoms with E-state index in [1.807, 2.05) is 0 Å². The normalized spacial score (nSPS) is 11.1. The molecule has 0 aromatic heterocycles. The molecule has 21 heavy (non-hydrogen) atoms. The van der Waals surface area contributed by atoms with Gasteiger partial charge in [0.1, 0.15) is 10.7 Å². The van der Waals surface area contributed by atoms with Crippen molar-refractivity contribution >= 4 is 33.3 Å². The summed E-state index contributed by atoms with van der Waals surface area (Å²) in [5, 5.41) is 8.88. The zero-order valence-corrected chi connectivity index (χ0v) is 12.0. The van der Waals surface area contributed by atoms with E-state index in [1.165, 1.54) is 24.3 Å². The van der Waals surface area contributed by atoms with Gasteiger partial charge in [-0.15, -0.1) is 0 Å². The summed E-state index contributed by atoms with van der Waals surface area (Å²) in [7, 11) is -4.21. The summed E-state index contributed by atoms with van der Waals surface area (Å²) in [4.78, 5) is 10.3. The Morgan fingerprint density at radius 2 is 1.86 bits per heavy atom. The molecule has 0 atom stereocenters. The maximum atomic E-state index is 13.5. The molecule has 2 aromatic rings. The number of hydrogen-bond donors (Lipinski definition) is 2. The maximum Gasteiger partial charge on any atom is 0.335 e. The first-order chi connectivity index (χ1) is 9.81. The first kappa shape index (κ1) is 15.3. The summed E-state index contributed by atoms with van der Waals surface area (Å²) in [5.41, 5.74) is -0.287. The molecule has 0 fully saturated rings. The third kappa shape index (κ3) is 3.32. The molecule has 0 bridgehead atoms. The van der Waals surface area contributed by atoms with E-state index in [9.17, 15) is 17.6 Å². The quantitative estimate of drug-likeness (QED) is 0.903. The van der Waals surface area contributed by atoms with Gasteiger partial charge in [-0.1, -0.05) is 23.7 Å². The van der Waals surface area contributed by atoms with Gasteiger partial charge in [0.15, 0.2) is 0 Å². The van der Waals surface area contributed by atoms with Crippen molar-refractivity contribution in [2.45, 2.75) is 4.90 Å². The van der Waals surface area contributed by atoms with E-state index in [0.717, 1.165) is 18.2 Å². The molecule has 0 saturated carbocycles. The van der Waals surface area contributed by atoms with Crippen molar-refractivity contribution in [3.05, 3.63) is 58.9 Å². The van der Waals surface area contributed by atoms with Crippen LogP contribution in [0.5, 0.6) is 0 Å². The van der Waals surface area contributed by atoms with E-state index in [1.54, 1.807) is 0 Å². The van der Waals surface area contributed by atoms with Gasteiger partial charge in [-0.25, -0.2) is 17.6 Å². The van der Waals surface area contributed by atoms with E-state index in [2.05, 4.69) is 4.72 Å². The highest BCUT2D eigenvalue weighted by molar-refractivity contribution is 7.92. The topological polar surface area (TPSA) is 83.5 Å². The summed E-state index contributed by atoms with van der Waals surface area (Å²) in [6, 6.07) is 8.34. The number of benzene rings is 2. The third-order valence-corrected chi connectivity index (χ3v) is 4.31. The number of nitrogens with one attached hydrogen (secondary N) is 1. The highest BCUT2D eigenvalue weighted by Gasteiger charge is 2.20. The second kappa shape index (κ2) is 5.71. The molecule has 2 aromatic carbocycles. The van der Waals surface area contributed by atoms with Crippen LogP contribution < -0.4 is 4.72 Å². The van der Waals surface area contributed by atoms with Crippen LogP contribution in [0.25, 0.3) is 0 Å². The van der Waals surface area contributed by atoms with E-state index in [0.29, 0.717) is 0 Å². The van der Waals surface area contributed by atoms with Gasteiger partial charge in [-0.2, -0.15) is 0 Å². The van der Waals surface area contributed by atoms with Crippen molar-refractivity contribution < 1.29 is 22.7 Å².